The molecule has 7 nitrogen and oxygen atoms in total. The molecule has 1 aromatic rings. The maximum absolute atomic E-state index is 11.8. The Labute approximate surface area is 104 Å². The van der Waals surface area contributed by atoms with Crippen LogP contribution in [0.2, 0.25) is 0 Å². The molecule has 0 radical (unpaired) electrons. The van der Waals surface area contributed by atoms with Gasteiger partial charge in [-0.2, -0.15) is 5.10 Å². The summed E-state index contributed by atoms with van der Waals surface area (Å²) in [6, 6.07) is 2.23. The van der Waals surface area contributed by atoms with E-state index in [0.29, 0.717) is 13.0 Å². The number of aliphatic hydroxyl groups is 1. The van der Waals surface area contributed by atoms with Crippen molar-refractivity contribution >= 4 is 5.91 Å². The Morgan fingerprint density at radius 3 is 2.89 bits per heavy atom. The summed E-state index contributed by atoms with van der Waals surface area (Å²) in [4.78, 5) is 22.9. The highest BCUT2D eigenvalue weighted by Gasteiger charge is 2.14. The second-order valence-electron chi connectivity index (χ2n) is 3.81. The zero-order valence-electron chi connectivity index (χ0n) is 10.4. The summed E-state index contributed by atoms with van der Waals surface area (Å²) in [5.74, 6) is -0.430. The van der Waals surface area contributed by atoms with Gasteiger partial charge < -0.3 is 15.2 Å². The maximum Gasteiger partial charge on any atom is 0.272 e. The topological polar surface area (TPSA) is 93.5 Å². The highest BCUT2D eigenvalue weighted by Crippen LogP contribution is 1.96. The second kappa shape index (κ2) is 6.87. The van der Waals surface area contributed by atoms with E-state index in [9.17, 15) is 9.59 Å². The number of nitrogens with zero attached hydrogens (tertiary/aromatic N) is 2. The van der Waals surface area contributed by atoms with Gasteiger partial charge in [-0.1, -0.05) is 0 Å². The fourth-order valence-corrected chi connectivity index (χ4v) is 1.35. The molecule has 0 aliphatic heterocycles. The number of nitrogens with one attached hydrogen (secondary N) is 1. The number of carbonyl (C=O) groups excluding carboxylic acids is 1. The molecule has 1 aromatic heterocycles. The Bertz CT molecular complexity index is 458. The molecule has 18 heavy (non-hydrogen) atoms. The van der Waals surface area contributed by atoms with Gasteiger partial charge in [0.25, 0.3) is 11.5 Å². The lowest BCUT2D eigenvalue weighted by Crippen LogP contribution is -2.39. The van der Waals surface area contributed by atoms with Crippen LogP contribution in [0.15, 0.2) is 16.9 Å². The molecule has 0 spiro atoms. The van der Waals surface area contributed by atoms with Gasteiger partial charge >= 0.3 is 0 Å². The number of aryl methyl sites for hydroxylation is 1. The van der Waals surface area contributed by atoms with Crippen LogP contribution in [0.5, 0.6) is 0 Å². The highest BCUT2D eigenvalue weighted by molar-refractivity contribution is 5.92. The standard InChI is InChI=1S/C11H17N3O4/c1-14-10(16)4-3-9(13-14)11(17)12-8(7-15)5-6-18-2/h3-4,8,15H,5-7H2,1-2H3,(H,12,17). The predicted molar refractivity (Wildman–Crippen MR) is 64.3 cm³/mol. The molecule has 0 bridgehead atoms. The number of aliphatic hydroxyl groups excluding tert-OH is 1. The quantitative estimate of drug-likeness (QED) is 0.673. The summed E-state index contributed by atoms with van der Waals surface area (Å²) in [6.45, 7) is 0.257. The molecule has 0 fully saturated rings. The predicted octanol–water partition coefficient (Wildman–Crippen LogP) is -1.09. The van der Waals surface area contributed by atoms with Crippen molar-refractivity contribution < 1.29 is 14.6 Å². The van der Waals surface area contributed by atoms with Crippen LogP contribution < -0.4 is 10.9 Å². The van der Waals surface area contributed by atoms with E-state index >= 15 is 0 Å². The smallest absolute Gasteiger partial charge is 0.272 e. The number of methoxy groups -OCH3 is 1. The molecule has 7 heteroatoms. The van der Waals surface area contributed by atoms with Crippen LogP contribution in [0.3, 0.4) is 0 Å². The van der Waals surface area contributed by atoms with Crippen molar-refractivity contribution in [3.63, 3.8) is 0 Å². The van der Waals surface area contributed by atoms with E-state index in [-0.39, 0.29) is 17.9 Å². The molecule has 1 amide bonds. The minimum atomic E-state index is -0.430. The third-order valence-electron chi connectivity index (χ3n) is 2.42. The first-order valence-electron chi connectivity index (χ1n) is 5.53. The van der Waals surface area contributed by atoms with Crippen molar-refractivity contribution in [1.29, 1.82) is 0 Å². The van der Waals surface area contributed by atoms with E-state index in [1.807, 2.05) is 0 Å². The minimum absolute atomic E-state index is 0.132. The van der Waals surface area contributed by atoms with Gasteiger partial charge in [-0.3, -0.25) is 9.59 Å². The summed E-state index contributed by atoms with van der Waals surface area (Å²) in [6.07, 6.45) is 0.504. The van der Waals surface area contributed by atoms with Crippen LogP contribution in [-0.2, 0) is 11.8 Å². The van der Waals surface area contributed by atoms with Crippen molar-refractivity contribution in [3.8, 4) is 0 Å². The van der Waals surface area contributed by atoms with Crippen molar-refractivity contribution in [2.45, 2.75) is 12.5 Å². The van der Waals surface area contributed by atoms with Crippen molar-refractivity contribution in [1.82, 2.24) is 15.1 Å². The van der Waals surface area contributed by atoms with Gasteiger partial charge in [0.15, 0.2) is 0 Å². The van der Waals surface area contributed by atoms with Gasteiger partial charge in [0.1, 0.15) is 5.69 Å². The molecule has 0 aliphatic rings. The van der Waals surface area contributed by atoms with Crippen LogP contribution in [0, 0.1) is 0 Å². The fraction of sp³-hybridized carbons (Fsp3) is 0.545. The summed E-state index contributed by atoms with van der Waals surface area (Å²) in [7, 11) is 3.01. The molecule has 1 rings (SSSR count). The third-order valence-corrected chi connectivity index (χ3v) is 2.42. The number of carbonyl (C=O) groups is 1. The van der Waals surface area contributed by atoms with Gasteiger partial charge in [-0.25, -0.2) is 4.68 Å². The largest absolute Gasteiger partial charge is 0.394 e. The van der Waals surface area contributed by atoms with Gasteiger partial charge in [0.05, 0.1) is 12.6 Å². The molecule has 2 N–H and O–H groups in total. The number of amides is 1. The molecule has 0 aliphatic carbocycles. The Balaban J connectivity index is 2.68. The number of ether oxygens (including phenoxy) is 1. The first kappa shape index (κ1) is 14.3. The Morgan fingerprint density at radius 2 is 2.33 bits per heavy atom. The van der Waals surface area contributed by atoms with E-state index in [1.165, 1.54) is 19.2 Å². The SMILES string of the molecule is COCCC(CO)NC(=O)c1ccc(=O)n(C)n1. The number of hydrogen-bond donors (Lipinski definition) is 2. The minimum Gasteiger partial charge on any atom is -0.394 e. The summed E-state index contributed by atoms with van der Waals surface area (Å²) in [5, 5.41) is 15.5. The normalized spacial score (nSPS) is 12.2. The number of rotatable bonds is 6. The number of hydrogen-bond acceptors (Lipinski definition) is 5. The van der Waals surface area contributed by atoms with Crippen LogP contribution in [0.4, 0.5) is 0 Å². The van der Waals surface area contributed by atoms with Crippen LogP contribution in [0.25, 0.3) is 0 Å². The summed E-state index contributed by atoms with van der Waals surface area (Å²) < 4.78 is 5.95. The lowest BCUT2D eigenvalue weighted by Gasteiger charge is -2.15. The molecule has 1 atom stereocenters. The van der Waals surface area contributed by atoms with Crippen molar-refractivity contribution in [2.24, 2.45) is 7.05 Å². The summed E-state index contributed by atoms with van der Waals surface area (Å²) in [5.41, 5.74) is -0.155. The fourth-order valence-electron chi connectivity index (χ4n) is 1.35. The van der Waals surface area contributed by atoms with Crippen LogP contribution in [0.1, 0.15) is 16.9 Å². The van der Waals surface area contributed by atoms with Gasteiger partial charge in [-0.15, -0.1) is 0 Å². The van der Waals surface area contributed by atoms with Crippen molar-refractivity contribution in [3.05, 3.63) is 28.2 Å². The first-order valence-corrected chi connectivity index (χ1v) is 5.53. The van der Waals surface area contributed by atoms with Gasteiger partial charge in [0, 0.05) is 26.8 Å². The number of aromatic nitrogens is 2. The van der Waals surface area contributed by atoms with Crippen LogP contribution >= 0.6 is 0 Å². The zero-order chi connectivity index (χ0) is 13.5. The van der Waals surface area contributed by atoms with Gasteiger partial charge in [0.2, 0.25) is 0 Å². The zero-order valence-corrected chi connectivity index (χ0v) is 10.4. The van der Waals surface area contributed by atoms with Crippen LogP contribution in [-0.4, -0.2) is 47.2 Å². The molecular weight excluding hydrogens is 238 g/mol. The molecule has 0 saturated heterocycles. The molecular formula is C11H17N3O4. The molecule has 100 valence electrons. The Morgan fingerprint density at radius 1 is 1.61 bits per heavy atom. The first-order chi connectivity index (χ1) is 8.58. The summed E-state index contributed by atoms with van der Waals surface area (Å²) >= 11 is 0. The molecule has 1 heterocycles. The van der Waals surface area contributed by atoms with E-state index < -0.39 is 11.9 Å². The highest BCUT2D eigenvalue weighted by atomic mass is 16.5. The Hall–Kier alpha value is -1.73. The molecule has 0 saturated carbocycles. The van der Waals surface area contributed by atoms with Gasteiger partial charge in [-0.05, 0) is 12.5 Å². The Kier molecular flexibility index (Phi) is 5.47. The third kappa shape index (κ3) is 3.94. The average molecular weight is 255 g/mol. The van der Waals surface area contributed by atoms with E-state index in [2.05, 4.69) is 10.4 Å². The second-order valence-corrected chi connectivity index (χ2v) is 3.81. The lowest BCUT2D eigenvalue weighted by molar-refractivity contribution is 0.0887. The van der Waals surface area contributed by atoms with E-state index in [4.69, 9.17) is 9.84 Å². The maximum atomic E-state index is 11.8. The van der Waals surface area contributed by atoms with E-state index in [0.717, 1.165) is 4.68 Å². The van der Waals surface area contributed by atoms with E-state index in [1.54, 1.807) is 7.11 Å². The molecule has 0 aromatic carbocycles. The van der Waals surface area contributed by atoms with Crippen molar-refractivity contribution in [2.75, 3.05) is 20.3 Å². The lowest BCUT2D eigenvalue weighted by atomic mass is 10.2. The molecule has 1 unspecified atom stereocenters. The monoisotopic (exact) mass is 255 g/mol. The average Bonchev–Trinajstić information content (AvgIpc) is 2.37.